The summed E-state index contributed by atoms with van der Waals surface area (Å²) in [6.07, 6.45) is 15.6. The number of rotatable bonds is 22. The lowest BCUT2D eigenvalue weighted by Crippen LogP contribution is -2.25. The maximum Gasteiger partial charge on any atom is 0.137 e. The Hall–Kier alpha value is -4.70. The molecule has 0 spiro atoms. The van der Waals surface area contributed by atoms with Crippen LogP contribution in [0.25, 0.3) is 11.1 Å². The van der Waals surface area contributed by atoms with Crippen LogP contribution in [-0.2, 0) is 9.59 Å². The van der Waals surface area contributed by atoms with E-state index < -0.39 is 0 Å². The van der Waals surface area contributed by atoms with Crippen LogP contribution in [-0.4, -0.2) is 37.7 Å². The van der Waals surface area contributed by atoms with Gasteiger partial charge < -0.3 is 9.80 Å². The van der Waals surface area contributed by atoms with Gasteiger partial charge in [0.25, 0.3) is 0 Å². The molecule has 0 atom stereocenters. The molecule has 0 heterocycles. The van der Waals surface area contributed by atoms with Gasteiger partial charge in [-0.3, -0.25) is 9.59 Å². The van der Waals surface area contributed by atoms with Crippen molar-refractivity contribution in [2.45, 2.75) is 120 Å². The van der Waals surface area contributed by atoms with Gasteiger partial charge in [0.2, 0.25) is 0 Å². The van der Waals surface area contributed by atoms with Crippen LogP contribution in [0.3, 0.4) is 0 Å². The fourth-order valence-corrected chi connectivity index (χ4v) is 6.76. The standard InChI is InChI=1S/C47H62N2.C5H8O2/c1-7-11-34-48(35-12-8-2)44-30-26-42(27-31-44)46(40-22-18-38(5)19-23-40)16-15-17-47(41-24-20-39(6)21-25-41)43-28-32-45(33-29-43)49(36-13-9-3)37-14-10-4;1-4(6)3-5(2)7/h16-33H,7-15,34-37H2,1-6H3;3H2,1-2H3. The quantitative estimate of drug-likeness (QED) is 0.0749. The van der Waals surface area contributed by atoms with E-state index in [1.807, 2.05) is 0 Å². The number of Topliss-reactive ketones (excluding diaryl/α,β-unsaturated/α-hetero) is 2. The van der Waals surface area contributed by atoms with Gasteiger partial charge in [0, 0.05) is 37.6 Å². The molecular weight excluding hydrogens is 685 g/mol. The highest BCUT2D eigenvalue weighted by molar-refractivity contribution is 5.96. The largest absolute Gasteiger partial charge is 0.372 e. The van der Waals surface area contributed by atoms with E-state index in [9.17, 15) is 9.59 Å². The van der Waals surface area contributed by atoms with Crippen LogP contribution in [0.5, 0.6) is 0 Å². The monoisotopic (exact) mass is 755 g/mol. The molecule has 0 bridgehead atoms. The highest BCUT2D eigenvalue weighted by Crippen LogP contribution is 2.30. The van der Waals surface area contributed by atoms with Gasteiger partial charge in [-0.05, 0) is 117 Å². The van der Waals surface area contributed by atoms with E-state index in [0.717, 1.165) is 32.6 Å². The number of hydrogen-bond acceptors (Lipinski definition) is 4. The van der Waals surface area contributed by atoms with Gasteiger partial charge in [-0.2, -0.15) is 0 Å². The van der Waals surface area contributed by atoms with E-state index >= 15 is 0 Å². The molecule has 56 heavy (non-hydrogen) atoms. The van der Waals surface area contributed by atoms with Gasteiger partial charge in [-0.15, -0.1) is 0 Å². The van der Waals surface area contributed by atoms with Gasteiger partial charge >= 0.3 is 0 Å². The molecular formula is C52H70N2O2. The van der Waals surface area contributed by atoms with Crippen molar-refractivity contribution in [3.63, 3.8) is 0 Å². The first-order valence-corrected chi connectivity index (χ1v) is 21.3. The third-order valence-electron chi connectivity index (χ3n) is 10.1. The average molecular weight is 755 g/mol. The highest BCUT2D eigenvalue weighted by atomic mass is 16.1. The van der Waals surface area contributed by atoms with E-state index in [-0.39, 0.29) is 18.0 Å². The summed E-state index contributed by atoms with van der Waals surface area (Å²) >= 11 is 0. The normalized spacial score (nSPS) is 11.5. The maximum atomic E-state index is 10.0. The van der Waals surface area contributed by atoms with Crippen molar-refractivity contribution in [2.24, 2.45) is 0 Å². The van der Waals surface area contributed by atoms with Crippen LogP contribution in [0.15, 0.2) is 109 Å². The summed E-state index contributed by atoms with van der Waals surface area (Å²) in [5, 5.41) is 0. The Balaban J connectivity index is 0.00000109. The fraction of sp³-hybridized carbons (Fsp3) is 0.423. The molecule has 0 saturated heterocycles. The molecule has 4 heteroatoms. The van der Waals surface area contributed by atoms with Crippen LogP contribution in [0.1, 0.15) is 139 Å². The van der Waals surface area contributed by atoms with Crippen LogP contribution >= 0.6 is 0 Å². The average Bonchev–Trinajstić information content (AvgIpc) is 3.19. The van der Waals surface area contributed by atoms with Crippen LogP contribution in [0.2, 0.25) is 0 Å². The number of nitrogens with zero attached hydrogens (tertiary/aromatic N) is 2. The summed E-state index contributed by atoms with van der Waals surface area (Å²) in [5.74, 6) is -0.125. The predicted molar refractivity (Wildman–Crippen MR) is 244 cm³/mol. The van der Waals surface area contributed by atoms with E-state index in [1.54, 1.807) is 0 Å². The number of carbonyl (C=O) groups excluding carboxylic acids is 2. The zero-order chi connectivity index (χ0) is 40.7. The number of allylic oxidation sites excluding steroid dienone is 2. The van der Waals surface area contributed by atoms with E-state index in [1.165, 1.54) is 121 Å². The molecule has 0 saturated carbocycles. The second-order valence-corrected chi connectivity index (χ2v) is 15.3. The van der Waals surface area contributed by atoms with Gasteiger partial charge in [0.15, 0.2) is 0 Å². The molecule has 0 aromatic heterocycles. The third-order valence-corrected chi connectivity index (χ3v) is 10.1. The first kappa shape index (κ1) is 45.7. The van der Waals surface area contributed by atoms with Crippen molar-refractivity contribution in [1.29, 1.82) is 0 Å². The van der Waals surface area contributed by atoms with Crippen molar-refractivity contribution in [3.05, 3.63) is 143 Å². The molecule has 0 N–H and O–H groups in total. The predicted octanol–water partition coefficient (Wildman–Crippen LogP) is 13.6. The summed E-state index contributed by atoms with van der Waals surface area (Å²) in [6, 6.07) is 36.7. The highest BCUT2D eigenvalue weighted by Gasteiger charge is 2.12. The van der Waals surface area contributed by atoms with Crippen molar-refractivity contribution >= 4 is 34.1 Å². The molecule has 4 aromatic carbocycles. The minimum Gasteiger partial charge on any atom is -0.372 e. The van der Waals surface area contributed by atoms with Crippen LogP contribution < -0.4 is 9.80 Å². The molecule has 0 radical (unpaired) electrons. The molecule has 4 aromatic rings. The lowest BCUT2D eigenvalue weighted by molar-refractivity contribution is -0.124. The second kappa shape index (κ2) is 25.5. The summed E-state index contributed by atoms with van der Waals surface area (Å²) in [4.78, 5) is 25.2. The number of ketones is 2. The molecule has 4 nitrogen and oxygen atoms in total. The topological polar surface area (TPSA) is 40.6 Å². The number of aryl methyl sites for hydroxylation is 2. The first-order valence-electron chi connectivity index (χ1n) is 21.3. The SMILES string of the molecule is CC(=O)CC(C)=O.CCCCN(CCCC)c1ccc(C(=CCC=C(c2ccc(C)cc2)c2ccc(N(CCCC)CCCC)cc2)c2ccc(C)cc2)cc1. The van der Waals surface area contributed by atoms with Crippen molar-refractivity contribution in [1.82, 2.24) is 0 Å². The Labute approximate surface area is 340 Å². The second-order valence-electron chi connectivity index (χ2n) is 15.3. The summed E-state index contributed by atoms with van der Waals surface area (Å²) in [7, 11) is 0. The van der Waals surface area contributed by atoms with Gasteiger partial charge in [0.05, 0.1) is 6.42 Å². The molecule has 0 aliphatic heterocycles. The molecule has 0 amide bonds. The van der Waals surface area contributed by atoms with Crippen molar-refractivity contribution in [3.8, 4) is 0 Å². The lowest BCUT2D eigenvalue weighted by Gasteiger charge is -2.25. The minimum absolute atomic E-state index is 0.0625. The molecule has 4 rings (SSSR count). The van der Waals surface area contributed by atoms with E-state index in [4.69, 9.17) is 0 Å². The zero-order valence-electron chi connectivity index (χ0n) is 36.0. The minimum atomic E-state index is -0.0625. The molecule has 0 unspecified atom stereocenters. The zero-order valence-corrected chi connectivity index (χ0v) is 36.0. The molecule has 0 aliphatic rings. The summed E-state index contributed by atoms with van der Waals surface area (Å²) < 4.78 is 0. The summed E-state index contributed by atoms with van der Waals surface area (Å²) in [6.45, 7) is 20.8. The first-order chi connectivity index (χ1) is 27.1. The Morgan fingerprint density at radius 3 is 0.946 bits per heavy atom. The fourth-order valence-electron chi connectivity index (χ4n) is 6.76. The number of carbonyl (C=O) groups is 2. The molecule has 0 aliphatic carbocycles. The maximum absolute atomic E-state index is 10.0. The molecule has 300 valence electrons. The van der Waals surface area contributed by atoms with E-state index in [0.29, 0.717) is 0 Å². The van der Waals surface area contributed by atoms with Crippen molar-refractivity contribution < 1.29 is 9.59 Å². The third kappa shape index (κ3) is 15.8. The van der Waals surface area contributed by atoms with Gasteiger partial charge in [-0.25, -0.2) is 0 Å². The Kier molecular flexibility index (Phi) is 20.8. The number of benzene rings is 4. The summed E-state index contributed by atoms with van der Waals surface area (Å²) in [5.41, 5.74) is 12.9. The van der Waals surface area contributed by atoms with Gasteiger partial charge in [-0.1, -0.05) is 149 Å². The number of hydrogen-bond donors (Lipinski definition) is 0. The number of anilines is 2. The number of unbranched alkanes of at least 4 members (excludes halogenated alkanes) is 4. The van der Waals surface area contributed by atoms with Crippen molar-refractivity contribution in [2.75, 3.05) is 36.0 Å². The Bertz CT molecular complexity index is 1630. The Morgan fingerprint density at radius 1 is 0.446 bits per heavy atom. The smallest absolute Gasteiger partial charge is 0.137 e. The van der Waals surface area contributed by atoms with E-state index in [2.05, 4.69) is 161 Å². The lowest BCUT2D eigenvalue weighted by atomic mass is 9.93. The molecule has 0 fully saturated rings. The Morgan fingerprint density at radius 2 is 0.714 bits per heavy atom. The van der Waals surface area contributed by atoms with Crippen LogP contribution in [0.4, 0.5) is 11.4 Å². The van der Waals surface area contributed by atoms with Gasteiger partial charge in [0.1, 0.15) is 11.6 Å². The van der Waals surface area contributed by atoms with Crippen LogP contribution in [0, 0.1) is 13.8 Å².